The molecule has 0 fully saturated rings. The van der Waals surface area contributed by atoms with E-state index in [0.29, 0.717) is 0 Å². The van der Waals surface area contributed by atoms with Gasteiger partial charge in [-0.2, -0.15) is 0 Å². The second-order valence-electron chi connectivity index (χ2n) is 2.49. The Labute approximate surface area is 80.3 Å². The molecule has 0 heterocycles. The minimum atomic E-state index is -0.728. The lowest BCUT2D eigenvalue weighted by Gasteiger charge is -2.06. The summed E-state index contributed by atoms with van der Waals surface area (Å²) in [7, 11) is 1.37. The molecule has 1 aromatic carbocycles. The second-order valence-corrected chi connectivity index (χ2v) is 2.90. The average molecular weight is 203 g/mol. The van der Waals surface area contributed by atoms with Gasteiger partial charge in [-0.15, -0.1) is 0 Å². The van der Waals surface area contributed by atoms with E-state index in [1.807, 2.05) is 0 Å². The van der Waals surface area contributed by atoms with Crippen LogP contribution in [0.4, 0.5) is 4.39 Å². The smallest absolute Gasteiger partial charge is 0.166 e. The Bertz CT molecular complexity index is 350. The van der Waals surface area contributed by atoms with Crippen LogP contribution in [-0.4, -0.2) is 12.9 Å². The van der Waals surface area contributed by atoms with Crippen LogP contribution in [0.1, 0.15) is 17.3 Å². The molecule has 0 saturated heterocycles. The fraction of sp³-hybridized carbons (Fsp3) is 0.222. The molecule has 0 aromatic heterocycles. The number of carbonyl (C=O) groups is 1. The third-order valence-corrected chi connectivity index (χ3v) is 1.92. The quantitative estimate of drug-likeness (QED) is 0.690. The lowest BCUT2D eigenvalue weighted by Crippen LogP contribution is -2.01. The fourth-order valence-corrected chi connectivity index (χ4v) is 1.19. The molecule has 0 unspecified atom stereocenters. The van der Waals surface area contributed by atoms with Gasteiger partial charge in [-0.05, 0) is 19.1 Å². The van der Waals surface area contributed by atoms with E-state index in [9.17, 15) is 9.18 Å². The maximum atomic E-state index is 13.3. The topological polar surface area (TPSA) is 26.3 Å². The molecule has 0 saturated carbocycles. The van der Waals surface area contributed by atoms with Gasteiger partial charge in [-0.25, -0.2) is 4.39 Å². The molecule has 0 aliphatic rings. The van der Waals surface area contributed by atoms with E-state index < -0.39 is 11.6 Å². The Hall–Kier alpha value is -1.09. The highest BCUT2D eigenvalue weighted by Crippen LogP contribution is 2.27. The van der Waals surface area contributed by atoms with E-state index in [1.165, 1.54) is 26.2 Å². The first-order valence-corrected chi connectivity index (χ1v) is 3.98. The van der Waals surface area contributed by atoms with Crippen molar-refractivity contribution in [2.24, 2.45) is 0 Å². The van der Waals surface area contributed by atoms with Crippen LogP contribution in [0.25, 0.3) is 0 Å². The lowest BCUT2D eigenvalue weighted by atomic mass is 10.1. The molecule has 0 spiro atoms. The summed E-state index contributed by atoms with van der Waals surface area (Å²) in [6, 6.07) is 2.81. The van der Waals surface area contributed by atoms with Gasteiger partial charge in [-0.3, -0.25) is 4.79 Å². The molecule has 70 valence electrons. The van der Waals surface area contributed by atoms with Crippen LogP contribution in [0, 0.1) is 5.82 Å². The van der Waals surface area contributed by atoms with Crippen LogP contribution >= 0.6 is 11.6 Å². The first-order chi connectivity index (χ1) is 6.07. The van der Waals surface area contributed by atoms with Crippen molar-refractivity contribution in [2.75, 3.05) is 7.11 Å². The number of halogens is 2. The number of hydrogen-bond donors (Lipinski definition) is 0. The van der Waals surface area contributed by atoms with Crippen molar-refractivity contribution >= 4 is 17.4 Å². The van der Waals surface area contributed by atoms with E-state index in [-0.39, 0.29) is 16.3 Å². The summed E-state index contributed by atoms with van der Waals surface area (Å²) in [4.78, 5) is 11.0. The van der Waals surface area contributed by atoms with Gasteiger partial charge < -0.3 is 4.74 Å². The molecule has 0 N–H and O–H groups in total. The Balaban J connectivity index is 3.41. The number of benzene rings is 1. The Morgan fingerprint density at radius 3 is 2.62 bits per heavy atom. The Morgan fingerprint density at radius 1 is 1.54 bits per heavy atom. The van der Waals surface area contributed by atoms with Crippen molar-refractivity contribution in [2.45, 2.75) is 6.92 Å². The highest BCUT2D eigenvalue weighted by molar-refractivity contribution is 6.31. The molecule has 0 aliphatic carbocycles. The number of methoxy groups -OCH3 is 1. The molecule has 1 aromatic rings. The summed E-state index contributed by atoms with van der Waals surface area (Å²) in [5.41, 5.74) is -0.102. The number of rotatable bonds is 2. The highest BCUT2D eigenvalue weighted by Gasteiger charge is 2.16. The van der Waals surface area contributed by atoms with Crippen LogP contribution < -0.4 is 4.74 Å². The molecule has 0 atom stereocenters. The zero-order valence-electron chi connectivity index (χ0n) is 7.23. The summed E-state index contributed by atoms with van der Waals surface area (Å²) in [5, 5.41) is -0.0778. The summed E-state index contributed by atoms with van der Waals surface area (Å²) >= 11 is 5.50. The van der Waals surface area contributed by atoms with Crippen LogP contribution in [0.5, 0.6) is 5.75 Å². The Kier molecular flexibility index (Phi) is 2.88. The molecular formula is C9H8ClFO2. The lowest BCUT2D eigenvalue weighted by molar-refractivity contribution is 0.101. The predicted octanol–water partition coefficient (Wildman–Crippen LogP) is 2.69. The maximum Gasteiger partial charge on any atom is 0.166 e. The minimum absolute atomic E-state index is 0.0778. The van der Waals surface area contributed by atoms with Crippen molar-refractivity contribution < 1.29 is 13.9 Å². The standard InChI is InChI=1S/C9H8ClFO2/c1-5(12)8-7(13-2)4-3-6(10)9(8)11/h3-4H,1-2H3. The van der Waals surface area contributed by atoms with Crippen molar-refractivity contribution in [3.05, 3.63) is 28.5 Å². The predicted molar refractivity (Wildman–Crippen MR) is 48.0 cm³/mol. The summed E-state index contributed by atoms with van der Waals surface area (Å²) in [6.07, 6.45) is 0. The monoisotopic (exact) mass is 202 g/mol. The third kappa shape index (κ3) is 1.80. The largest absolute Gasteiger partial charge is 0.496 e. The average Bonchev–Trinajstić information content (AvgIpc) is 2.08. The van der Waals surface area contributed by atoms with Gasteiger partial charge in [-0.1, -0.05) is 11.6 Å². The number of ether oxygens (including phenoxy) is 1. The molecule has 13 heavy (non-hydrogen) atoms. The number of ketones is 1. The molecule has 0 bridgehead atoms. The van der Waals surface area contributed by atoms with Crippen LogP contribution in [0.3, 0.4) is 0 Å². The van der Waals surface area contributed by atoms with E-state index in [4.69, 9.17) is 16.3 Å². The van der Waals surface area contributed by atoms with Crippen molar-refractivity contribution in [3.63, 3.8) is 0 Å². The van der Waals surface area contributed by atoms with Gasteiger partial charge in [0.05, 0.1) is 17.7 Å². The second kappa shape index (κ2) is 3.75. The van der Waals surface area contributed by atoms with Gasteiger partial charge in [0.1, 0.15) is 5.75 Å². The number of Topliss-reactive ketones (excluding diaryl/α,β-unsaturated/α-hetero) is 1. The zero-order chi connectivity index (χ0) is 10.0. The normalized spacial score (nSPS) is 9.85. The number of hydrogen-bond acceptors (Lipinski definition) is 2. The summed E-state index contributed by atoms with van der Waals surface area (Å²) in [5.74, 6) is -0.931. The van der Waals surface area contributed by atoms with E-state index in [1.54, 1.807) is 0 Å². The van der Waals surface area contributed by atoms with Crippen LogP contribution in [0.15, 0.2) is 12.1 Å². The first kappa shape index (κ1) is 9.99. The molecule has 0 amide bonds. The SMILES string of the molecule is COc1ccc(Cl)c(F)c1C(C)=O. The number of carbonyl (C=O) groups excluding carboxylic acids is 1. The zero-order valence-corrected chi connectivity index (χ0v) is 7.98. The van der Waals surface area contributed by atoms with Gasteiger partial charge >= 0.3 is 0 Å². The highest BCUT2D eigenvalue weighted by atomic mass is 35.5. The maximum absolute atomic E-state index is 13.3. The van der Waals surface area contributed by atoms with Gasteiger partial charge in [0.25, 0.3) is 0 Å². The van der Waals surface area contributed by atoms with Crippen LogP contribution in [0.2, 0.25) is 5.02 Å². The summed E-state index contributed by atoms with van der Waals surface area (Å²) in [6.45, 7) is 1.26. The summed E-state index contributed by atoms with van der Waals surface area (Å²) < 4.78 is 18.1. The molecule has 0 aliphatic heterocycles. The van der Waals surface area contributed by atoms with Crippen molar-refractivity contribution in [1.82, 2.24) is 0 Å². The molecule has 2 nitrogen and oxygen atoms in total. The van der Waals surface area contributed by atoms with Crippen LogP contribution in [-0.2, 0) is 0 Å². The van der Waals surface area contributed by atoms with Gasteiger partial charge in [0.15, 0.2) is 11.6 Å². The van der Waals surface area contributed by atoms with Crippen molar-refractivity contribution in [1.29, 1.82) is 0 Å². The van der Waals surface area contributed by atoms with Gasteiger partial charge in [0, 0.05) is 0 Å². The van der Waals surface area contributed by atoms with E-state index in [0.717, 1.165) is 0 Å². The first-order valence-electron chi connectivity index (χ1n) is 3.61. The molecule has 0 radical (unpaired) electrons. The molecular weight excluding hydrogens is 195 g/mol. The van der Waals surface area contributed by atoms with E-state index >= 15 is 0 Å². The minimum Gasteiger partial charge on any atom is -0.496 e. The molecule has 4 heteroatoms. The Morgan fingerprint density at radius 2 is 2.15 bits per heavy atom. The van der Waals surface area contributed by atoms with E-state index in [2.05, 4.69) is 0 Å². The third-order valence-electron chi connectivity index (χ3n) is 1.63. The molecule has 1 rings (SSSR count). The van der Waals surface area contributed by atoms with Crippen molar-refractivity contribution in [3.8, 4) is 5.75 Å². The van der Waals surface area contributed by atoms with Gasteiger partial charge in [0.2, 0.25) is 0 Å². The fourth-order valence-electron chi connectivity index (χ4n) is 1.03.